The van der Waals surface area contributed by atoms with Crippen LogP contribution in [0.2, 0.25) is 20.1 Å². The quantitative estimate of drug-likeness (QED) is 0.252. The van der Waals surface area contributed by atoms with Crippen LogP contribution in [0.15, 0.2) is 60.7 Å². The van der Waals surface area contributed by atoms with Gasteiger partial charge in [-0.2, -0.15) is 0 Å². The molecule has 3 aromatic carbocycles. The average Bonchev–Trinajstić information content (AvgIpc) is 2.91. The monoisotopic (exact) mass is 606 g/mol. The summed E-state index contributed by atoms with van der Waals surface area (Å²) in [5.74, 6) is -0.757. The van der Waals surface area contributed by atoms with Crippen LogP contribution in [0.25, 0.3) is 0 Å². The summed E-state index contributed by atoms with van der Waals surface area (Å²) in [6.45, 7) is 0.393. The van der Waals surface area contributed by atoms with Gasteiger partial charge in [0.25, 0.3) is 5.91 Å². The minimum absolute atomic E-state index is 0.182. The molecule has 1 fully saturated rings. The number of carbonyl (C=O) groups is 1. The standard InChI is InChI=1S/C30H30Cl4N2O3/c31-17-12-13-21(24(34)16-17)28-27(29(38)35-15-14-20-22(32)8-5-9-23(20)33)18-6-1-2-7-19(18)30(39)36(28)25-10-3-4-11-26(25)37/h1-2,5-9,12-13,16,25-29,35,37-38H,3-4,10-11,14-15H2/t25-,26-,27+,28-,29?/m0/s1. The number of amides is 1. The minimum Gasteiger partial charge on any atom is -0.391 e. The van der Waals surface area contributed by atoms with E-state index in [4.69, 9.17) is 46.4 Å². The Bertz CT molecular complexity index is 1330. The number of benzene rings is 3. The molecule has 5 nitrogen and oxygen atoms in total. The number of nitrogens with zero attached hydrogens (tertiary/aromatic N) is 1. The molecule has 1 heterocycles. The number of aliphatic hydroxyl groups is 2. The topological polar surface area (TPSA) is 72.8 Å². The number of fused-ring (bicyclic) bond motifs is 1. The zero-order valence-electron chi connectivity index (χ0n) is 21.2. The van der Waals surface area contributed by atoms with Crippen molar-refractivity contribution in [3.63, 3.8) is 0 Å². The lowest BCUT2D eigenvalue weighted by Crippen LogP contribution is -2.56. The van der Waals surface area contributed by atoms with Gasteiger partial charge in [0.2, 0.25) is 0 Å². The van der Waals surface area contributed by atoms with Crippen LogP contribution in [-0.4, -0.2) is 45.9 Å². The highest BCUT2D eigenvalue weighted by Crippen LogP contribution is 2.48. The van der Waals surface area contributed by atoms with Crippen LogP contribution in [0.3, 0.4) is 0 Å². The van der Waals surface area contributed by atoms with Gasteiger partial charge in [0.1, 0.15) is 6.23 Å². The smallest absolute Gasteiger partial charge is 0.255 e. The molecule has 0 aromatic heterocycles. The maximum Gasteiger partial charge on any atom is 0.255 e. The molecule has 1 amide bonds. The van der Waals surface area contributed by atoms with Crippen molar-refractivity contribution < 1.29 is 15.0 Å². The first-order valence-corrected chi connectivity index (χ1v) is 14.7. The molecule has 39 heavy (non-hydrogen) atoms. The minimum atomic E-state index is -1.06. The van der Waals surface area contributed by atoms with Gasteiger partial charge in [-0.1, -0.05) is 89.6 Å². The zero-order chi connectivity index (χ0) is 27.7. The Hall–Kier alpha value is -1.83. The Morgan fingerprint density at radius 1 is 0.897 bits per heavy atom. The molecule has 1 aliphatic carbocycles. The van der Waals surface area contributed by atoms with Crippen LogP contribution >= 0.6 is 46.4 Å². The largest absolute Gasteiger partial charge is 0.391 e. The SMILES string of the molecule is O=C1c2ccccc2[C@@H](C(O)NCCc2c(Cl)cccc2Cl)[C@H](c2ccc(Cl)cc2Cl)N1[C@H]1CCCC[C@@H]1O. The molecule has 1 unspecified atom stereocenters. The van der Waals surface area contributed by atoms with E-state index in [1.807, 2.05) is 24.3 Å². The van der Waals surface area contributed by atoms with E-state index in [9.17, 15) is 15.0 Å². The van der Waals surface area contributed by atoms with Gasteiger partial charge in [-0.05, 0) is 66.3 Å². The fourth-order valence-electron chi connectivity index (χ4n) is 6.03. The number of hydrogen-bond donors (Lipinski definition) is 3. The summed E-state index contributed by atoms with van der Waals surface area (Å²) in [5.41, 5.74) is 2.69. The maximum atomic E-state index is 14.1. The first kappa shape index (κ1) is 28.7. The number of hydrogen-bond acceptors (Lipinski definition) is 4. The lowest BCUT2D eigenvalue weighted by atomic mass is 9.76. The van der Waals surface area contributed by atoms with Crippen molar-refractivity contribution in [3.05, 3.63) is 103 Å². The third kappa shape index (κ3) is 5.82. The second-order valence-corrected chi connectivity index (χ2v) is 11.9. The number of rotatable bonds is 7. The van der Waals surface area contributed by atoms with E-state index in [-0.39, 0.29) is 5.91 Å². The fourth-order valence-corrected chi connectivity index (χ4v) is 7.14. The molecule has 5 rings (SSSR count). The Kier molecular flexibility index (Phi) is 9.09. The Morgan fingerprint density at radius 2 is 1.62 bits per heavy atom. The molecule has 0 radical (unpaired) electrons. The highest BCUT2D eigenvalue weighted by molar-refractivity contribution is 6.36. The molecule has 2 aliphatic rings. The molecule has 206 valence electrons. The fraction of sp³-hybridized carbons (Fsp3) is 0.367. The Balaban J connectivity index is 1.56. The molecular formula is C30H30Cl4N2O3. The highest BCUT2D eigenvalue weighted by atomic mass is 35.5. The van der Waals surface area contributed by atoms with E-state index >= 15 is 0 Å². The summed E-state index contributed by atoms with van der Waals surface area (Å²) in [6.07, 6.45) is 1.86. The van der Waals surface area contributed by atoms with Gasteiger partial charge < -0.3 is 15.1 Å². The van der Waals surface area contributed by atoms with Gasteiger partial charge in [0.15, 0.2) is 0 Å². The van der Waals surface area contributed by atoms with Crippen LogP contribution in [-0.2, 0) is 6.42 Å². The predicted octanol–water partition coefficient (Wildman–Crippen LogP) is 7.04. The Morgan fingerprint density at radius 3 is 2.33 bits per heavy atom. The third-order valence-electron chi connectivity index (χ3n) is 7.89. The van der Waals surface area contributed by atoms with Crippen LogP contribution in [0.4, 0.5) is 0 Å². The van der Waals surface area contributed by atoms with Crippen molar-refractivity contribution in [1.29, 1.82) is 0 Å². The summed E-state index contributed by atoms with van der Waals surface area (Å²) < 4.78 is 0. The number of carbonyl (C=O) groups excluding carboxylic acids is 1. The summed E-state index contributed by atoms with van der Waals surface area (Å²) in [5, 5.41) is 28.0. The van der Waals surface area contributed by atoms with Crippen molar-refractivity contribution in [2.24, 2.45) is 0 Å². The molecule has 1 saturated carbocycles. The molecular weight excluding hydrogens is 578 g/mol. The second-order valence-electron chi connectivity index (χ2n) is 10.2. The van der Waals surface area contributed by atoms with E-state index in [0.717, 1.165) is 24.0 Å². The molecule has 0 spiro atoms. The summed E-state index contributed by atoms with van der Waals surface area (Å²) in [4.78, 5) is 15.8. The van der Waals surface area contributed by atoms with E-state index in [1.54, 1.807) is 41.3 Å². The van der Waals surface area contributed by atoms with Gasteiger partial charge in [-0.15, -0.1) is 0 Å². The van der Waals surface area contributed by atoms with Crippen molar-refractivity contribution in [2.75, 3.05) is 6.54 Å². The van der Waals surface area contributed by atoms with E-state index in [2.05, 4.69) is 5.32 Å². The van der Waals surface area contributed by atoms with Gasteiger partial charge in [0.05, 0.1) is 18.2 Å². The van der Waals surface area contributed by atoms with Crippen LogP contribution in [0, 0.1) is 0 Å². The number of aliphatic hydroxyl groups excluding tert-OH is 2. The summed E-state index contributed by atoms with van der Waals surface area (Å²) in [7, 11) is 0. The van der Waals surface area contributed by atoms with Crippen molar-refractivity contribution in [2.45, 2.75) is 62.4 Å². The number of halogens is 4. The molecule has 3 N–H and O–H groups in total. The van der Waals surface area contributed by atoms with Crippen LogP contribution in [0.1, 0.15) is 64.7 Å². The van der Waals surface area contributed by atoms with Crippen molar-refractivity contribution in [3.8, 4) is 0 Å². The van der Waals surface area contributed by atoms with Crippen LogP contribution in [0.5, 0.6) is 0 Å². The van der Waals surface area contributed by atoms with Crippen molar-refractivity contribution in [1.82, 2.24) is 10.2 Å². The molecule has 0 saturated heterocycles. The third-order valence-corrected chi connectivity index (χ3v) is 9.16. The number of nitrogens with one attached hydrogen (secondary N) is 1. The highest BCUT2D eigenvalue weighted by Gasteiger charge is 2.48. The maximum absolute atomic E-state index is 14.1. The van der Waals surface area contributed by atoms with E-state index in [1.165, 1.54) is 0 Å². The zero-order valence-corrected chi connectivity index (χ0v) is 24.2. The van der Waals surface area contributed by atoms with Gasteiger partial charge >= 0.3 is 0 Å². The van der Waals surface area contributed by atoms with Gasteiger partial charge in [-0.25, -0.2) is 0 Å². The molecule has 3 aromatic rings. The van der Waals surface area contributed by atoms with Crippen molar-refractivity contribution >= 4 is 52.3 Å². The molecule has 1 aliphatic heterocycles. The summed E-state index contributed by atoms with van der Waals surface area (Å²) in [6, 6.07) is 16.8. The lowest BCUT2D eigenvalue weighted by molar-refractivity contribution is -0.0226. The first-order chi connectivity index (χ1) is 18.8. The normalized spacial score (nSPS) is 23.9. The predicted molar refractivity (Wildman–Crippen MR) is 157 cm³/mol. The summed E-state index contributed by atoms with van der Waals surface area (Å²) >= 11 is 25.7. The average molecular weight is 608 g/mol. The molecule has 5 atom stereocenters. The Labute approximate surface area is 248 Å². The van der Waals surface area contributed by atoms with E-state index < -0.39 is 30.3 Å². The van der Waals surface area contributed by atoms with Gasteiger partial charge in [0, 0.05) is 38.1 Å². The lowest BCUT2D eigenvalue weighted by Gasteiger charge is -2.49. The second kappa shape index (κ2) is 12.4. The van der Waals surface area contributed by atoms with Gasteiger partial charge in [-0.3, -0.25) is 10.1 Å². The molecule has 9 heteroatoms. The molecule has 0 bridgehead atoms. The first-order valence-electron chi connectivity index (χ1n) is 13.2. The van der Waals surface area contributed by atoms with Crippen LogP contribution < -0.4 is 5.32 Å². The van der Waals surface area contributed by atoms with E-state index in [0.29, 0.717) is 57.0 Å².